The third-order valence-corrected chi connectivity index (χ3v) is 4.55. The summed E-state index contributed by atoms with van der Waals surface area (Å²) in [6.45, 7) is 1.24. The van der Waals surface area contributed by atoms with E-state index in [1.165, 1.54) is 4.90 Å². The van der Waals surface area contributed by atoms with Crippen LogP contribution in [-0.4, -0.2) is 16.6 Å². The lowest BCUT2D eigenvalue weighted by Crippen LogP contribution is -2.16. The molecule has 1 aliphatic rings. The maximum atomic E-state index is 5.99. The van der Waals surface area contributed by atoms with E-state index < -0.39 is 0 Å². The monoisotopic (exact) mass is 351 g/mol. The Hall–Kier alpha value is -1.11. The third kappa shape index (κ3) is 3.13. The maximum absolute atomic E-state index is 5.99. The molecule has 6 heteroatoms. The molecule has 4 nitrogen and oxygen atoms in total. The van der Waals surface area contributed by atoms with Crippen LogP contribution in [-0.2, 0) is 23.5 Å². The van der Waals surface area contributed by atoms with Crippen molar-refractivity contribution in [1.29, 1.82) is 0 Å². The number of rotatable bonds is 3. The van der Waals surface area contributed by atoms with Crippen LogP contribution in [0.25, 0.3) is 0 Å². The van der Waals surface area contributed by atoms with Gasteiger partial charge in [0.25, 0.3) is 0 Å². The van der Waals surface area contributed by atoms with Gasteiger partial charge in [0.05, 0.1) is 24.7 Å². The van der Waals surface area contributed by atoms with Gasteiger partial charge in [-0.05, 0) is 18.2 Å². The van der Waals surface area contributed by atoms with Crippen molar-refractivity contribution in [2.75, 3.05) is 12.3 Å². The van der Waals surface area contributed by atoms with Crippen LogP contribution in [0.3, 0.4) is 0 Å². The first-order valence-electron chi connectivity index (χ1n) is 6.32. The van der Waals surface area contributed by atoms with Gasteiger partial charge in [-0.25, -0.2) is 9.97 Å². The number of hydrogen-bond donors (Lipinski definition) is 1. The SMILES string of the molecule is Nc1nc(CSc2cccc(Br)c2)nc2c1COCC2. The summed E-state index contributed by atoms with van der Waals surface area (Å²) in [5.74, 6) is 2.06. The molecule has 0 saturated carbocycles. The molecule has 0 atom stereocenters. The van der Waals surface area contributed by atoms with Crippen molar-refractivity contribution in [3.63, 3.8) is 0 Å². The maximum Gasteiger partial charge on any atom is 0.141 e. The second kappa shape index (κ2) is 6.11. The van der Waals surface area contributed by atoms with Gasteiger partial charge in [0.1, 0.15) is 11.6 Å². The molecule has 1 aliphatic heterocycles. The number of nitrogens with two attached hydrogens (primary N) is 1. The topological polar surface area (TPSA) is 61.0 Å². The Morgan fingerprint density at radius 3 is 3.10 bits per heavy atom. The highest BCUT2D eigenvalue weighted by Crippen LogP contribution is 2.26. The summed E-state index contributed by atoms with van der Waals surface area (Å²) >= 11 is 5.18. The molecule has 0 spiro atoms. The lowest BCUT2D eigenvalue weighted by Gasteiger charge is -2.17. The van der Waals surface area contributed by atoms with Crippen LogP contribution in [0, 0.1) is 0 Å². The molecule has 0 bridgehead atoms. The fourth-order valence-electron chi connectivity index (χ4n) is 2.08. The summed E-state index contributed by atoms with van der Waals surface area (Å²) < 4.78 is 6.46. The fraction of sp³-hybridized carbons (Fsp3) is 0.286. The summed E-state index contributed by atoms with van der Waals surface area (Å²) in [5, 5.41) is 0. The zero-order valence-corrected chi connectivity index (χ0v) is 13.2. The molecule has 0 saturated heterocycles. The van der Waals surface area contributed by atoms with Crippen LogP contribution in [0.15, 0.2) is 33.6 Å². The first-order valence-corrected chi connectivity index (χ1v) is 8.10. The number of halogens is 1. The number of thioether (sulfide) groups is 1. The number of fused-ring (bicyclic) bond motifs is 1. The van der Waals surface area contributed by atoms with Crippen LogP contribution >= 0.6 is 27.7 Å². The van der Waals surface area contributed by atoms with Gasteiger partial charge in [-0.1, -0.05) is 22.0 Å². The van der Waals surface area contributed by atoms with Gasteiger partial charge >= 0.3 is 0 Å². The molecule has 2 aromatic rings. The molecule has 1 aromatic carbocycles. The standard InChI is InChI=1S/C14H14BrN3OS/c15-9-2-1-3-10(6-9)20-8-13-17-12-4-5-19-7-11(12)14(16)18-13/h1-3,6H,4-5,7-8H2,(H2,16,17,18). The van der Waals surface area contributed by atoms with E-state index in [0.717, 1.165) is 33.7 Å². The Labute approximate surface area is 130 Å². The number of nitrogens with zero attached hydrogens (tertiary/aromatic N) is 2. The van der Waals surface area contributed by atoms with Crippen molar-refractivity contribution in [2.45, 2.75) is 23.7 Å². The van der Waals surface area contributed by atoms with Crippen molar-refractivity contribution in [3.05, 3.63) is 45.8 Å². The van der Waals surface area contributed by atoms with Gasteiger partial charge in [0, 0.05) is 21.4 Å². The molecule has 2 heterocycles. The van der Waals surface area contributed by atoms with E-state index in [9.17, 15) is 0 Å². The molecular weight excluding hydrogens is 338 g/mol. The van der Waals surface area contributed by atoms with E-state index in [2.05, 4.69) is 38.0 Å². The van der Waals surface area contributed by atoms with Gasteiger partial charge in [-0.3, -0.25) is 0 Å². The molecule has 0 radical (unpaired) electrons. The fourth-order valence-corrected chi connectivity index (χ4v) is 3.44. The van der Waals surface area contributed by atoms with Crippen LogP contribution in [0.4, 0.5) is 5.82 Å². The summed E-state index contributed by atoms with van der Waals surface area (Å²) in [6, 6.07) is 8.19. The molecule has 0 amide bonds. The minimum absolute atomic E-state index is 0.528. The molecular formula is C14H14BrN3OS. The second-order valence-electron chi connectivity index (χ2n) is 4.50. The van der Waals surface area contributed by atoms with Crippen molar-refractivity contribution in [3.8, 4) is 0 Å². The number of nitrogen functional groups attached to an aromatic ring is 1. The Morgan fingerprint density at radius 2 is 2.25 bits per heavy atom. The first kappa shape index (κ1) is 13.9. The quantitative estimate of drug-likeness (QED) is 0.860. The number of ether oxygens (including phenoxy) is 1. The molecule has 3 rings (SSSR count). The zero-order chi connectivity index (χ0) is 13.9. The molecule has 2 N–H and O–H groups in total. The molecule has 1 aromatic heterocycles. The zero-order valence-electron chi connectivity index (χ0n) is 10.8. The van der Waals surface area contributed by atoms with Gasteiger partial charge in [0.2, 0.25) is 0 Å². The number of aromatic nitrogens is 2. The number of anilines is 1. The minimum Gasteiger partial charge on any atom is -0.383 e. The highest BCUT2D eigenvalue weighted by atomic mass is 79.9. The van der Waals surface area contributed by atoms with Crippen molar-refractivity contribution in [2.24, 2.45) is 0 Å². The predicted molar refractivity (Wildman–Crippen MR) is 83.5 cm³/mol. The molecule has 0 fully saturated rings. The van der Waals surface area contributed by atoms with Crippen LogP contribution < -0.4 is 5.73 Å². The highest BCUT2D eigenvalue weighted by Gasteiger charge is 2.16. The molecule has 0 unspecified atom stereocenters. The average molecular weight is 352 g/mol. The van der Waals surface area contributed by atoms with Crippen LogP contribution in [0.5, 0.6) is 0 Å². The van der Waals surface area contributed by atoms with Gasteiger partial charge in [0.15, 0.2) is 0 Å². The summed E-state index contributed by atoms with van der Waals surface area (Å²) in [6.07, 6.45) is 0.816. The lowest BCUT2D eigenvalue weighted by molar-refractivity contribution is 0.109. The average Bonchev–Trinajstić information content (AvgIpc) is 2.45. The second-order valence-corrected chi connectivity index (χ2v) is 6.46. The lowest BCUT2D eigenvalue weighted by atomic mass is 10.1. The Bertz CT molecular complexity index is 636. The van der Waals surface area contributed by atoms with Crippen molar-refractivity contribution >= 4 is 33.5 Å². The first-order chi connectivity index (χ1) is 9.72. The smallest absolute Gasteiger partial charge is 0.141 e. The molecule has 0 aliphatic carbocycles. The Kier molecular flexibility index (Phi) is 4.24. The van der Waals surface area contributed by atoms with Gasteiger partial charge in [-0.15, -0.1) is 11.8 Å². The Balaban J connectivity index is 1.76. The van der Waals surface area contributed by atoms with Crippen LogP contribution in [0.2, 0.25) is 0 Å². The van der Waals surface area contributed by atoms with Crippen LogP contribution in [0.1, 0.15) is 17.1 Å². The van der Waals surface area contributed by atoms with Crippen molar-refractivity contribution < 1.29 is 4.74 Å². The van der Waals surface area contributed by atoms with E-state index in [1.54, 1.807) is 11.8 Å². The largest absolute Gasteiger partial charge is 0.383 e. The van der Waals surface area contributed by atoms with E-state index in [4.69, 9.17) is 10.5 Å². The summed E-state index contributed by atoms with van der Waals surface area (Å²) in [4.78, 5) is 10.2. The number of hydrogen-bond acceptors (Lipinski definition) is 5. The van der Waals surface area contributed by atoms with E-state index >= 15 is 0 Å². The van der Waals surface area contributed by atoms with E-state index in [0.29, 0.717) is 19.0 Å². The highest BCUT2D eigenvalue weighted by molar-refractivity contribution is 9.10. The van der Waals surface area contributed by atoms with Crippen molar-refractivity contribution in [1.82, 2.24) is 9.97 Å². The third-order valence-electron chi connectivity index (χ3n) is 3.06. The normalized spacial score (nSPS) is 14.1. The predicted octanol–water partition coefficient (Wildman–Crippen LogP) is 3.19. The minimum atomic E-state index is 0.528. The number of benzene rings is 1. The van der Waals surface area contributed by atoms with Gasteiger partial charge < -0.3 is 10.5 Å². The summed E-state index contributed by atoms with van der Waals surface area (Å²) in [7, 11) is 0. The molecule has 20 heavy (non-hydrogen) atoms. The van der Waals surface area contributed by atoms with E-state index in [1.807, 2.05) is 12.1 Å². The van der Waals surface area contributed by atoms with E-state index in [-0.39, 0.29) is 0 Å². The summed E-state index contributed by atoms with van der Waals surface area (Å²) in [5.41, 5.74) is 7.97. The molecule has 104 valence electrons. The Morgan fingerprint density at radius 1 is 1.35 bits per heavy atom. The van der Waals surface area contributed by atoms with Gasteiger partial charge in [-0.2, -0.15) is 0 Å².